The fourth-order valence-corrected chi connectivity index (χ4v) is 3.13. The van der Waals surface area contributed by atoms with Gasteiger partial charge in [0.2, 0.25) is 0 Å². The fourth-order valence-electron chi connectivity index (χ4n) is 2.87. The Hall–Kier alpha value is -2.04. The van der Waals surface area contributed by atoms with Gasteiger partial charge in [-0.1, -0.05) is 35.9 Å². The van der Waals surface area contributed by atoms with Crippen LogP contribution in [-0.4, -0.2) is 19.4 Å². The van der Waals surface area contributed by atoms with Crippen molar-refractivity contribution < 1.29 is 4.74 Å². The second-order valence-electron chi connectivity index (χ2n) is 5.49. The maximum atomic E-state index is 6.41. The Bertz CT molecular complexity index is 717. The highest BCUT2D eigenvalue weighted by atomic mass is 35.5. The summed E-state index contributed by atoms with van der Waals surface area (Å²) in [4.78, 5) is 0. The topological polar surface area (TPSA) is 50.8 Å². The third-order valence-electron chi connectivity index (χ3n) is 3.99. The van der Waals surface area contributed by atoms with E-state index >= 15 is 0 Å². The zero-order valence-corrected chi connectivity index (χ0v) is 13.8. The van der Waals surface area contributed by atoms with Crippen molar-refractivity contribution in [3.05, 3.63) is 59.1 Å². The molecule has 0 fully saturated rings. The number of hydrazone groups is 1. The summed E-state index contributed by atoms with van der Waals surface area (Å²) < 4.78 is 5.33. The lowest BCUT2D eigenvalue weighted by Gasteiger charge is -2.25. The minimum atomic E-state index is 0.0809. The van der Waals surface area contributed by atoms with Crippen molar-refractivity contribution >= 4 is 23.0 Å². The molecule has 1 aliphatic heterocycles. The van der Waals surface area contributed by atoms with Crippen molar-refractivity contribution in [2.45, 2.75) is 18.9 Å². The highest BCUT2D eigenvalue weighted by Crippen LogP contribution is 2.39. The van der Waals surface area contributed by atoms with E-state index in [1.54, 1.807) is 7.11 Å². The molecule has 2 aromatic carbocycles. The van der Waals surface area contributed by atoms with Gasteiger partial charge in [0, 0.05) is 23.2 Å². The summed E-state index contributed by atoms with van der Waals surface area (Å²) in [6, 6.07) is 15.9. The second-order valence-corrected chi connectivity index (χ2v) is 5.90. The summed E-state index contributed by atoms with van der Waals surface area (Å²) in [6.07, 6.45) is 1.62. The molecule has 1 unspecified atom stereocenters. The van der Waals surface area contributed by atoms with Crippen LogP contribution in [0.3, 0.4) is 0 Å². The van der Waals surface area contributed by atoms with Crippen molar-refractivity contribution in [3.63, 3.8) is 0 Å². The minimum absolute atomic E-state index is 0.0809. The van der Waals surface area contributed by atoms with Crippen LogP contribution < -0.4 is 15.5 Å². The molecule has 0 aromatic heterocycles. The zero-order valence-electron chi connectivity index (χ0n) is 13.1. The number of nitrogens with zero attached hydrogens (tertiary/aromatic N) is 2. The normalized spacial score (nSPS) is 17.3. The summed E-state index contributed by atoms with van der Waals surface area (Å²) in [5, 5.41) is 7.56. The first-order valence-corrected chi connectivity index (χ1v) is 8.05. The van der Waals surface area contributed by atoms with Gasteiger partial charge in [0.1, 0.15) is 5.75 Å². The largest absolute Gasteiger partial charge is 0.497 e. The van der Waals surface area contributed by atoms with Gasteiger partial charge < -0.3 is 10.5 Å². The van der Waals surface area contributed by atoms with Crippen LogP contribution in [0.1, 0.15) is 24.4 Å². The van der Waals surface area contributed by atoms with Crippen LogP contribution >= 0.6 is 11.6 Å². The molecular weight excluding hydrogens is 310 g/mol. The maximum absolute atomic E-state index is 6.41. The molecule has 2 aromatic rings. The molecule has 0 saturated carbocycles. The van der Waals surface area contributed by atoms with E-state index in [4.69, 9.17) is 27.2 Å². The predicted molar refractivity (Wildman–Crippen MR) is 95.4 cm³/mol. The summed E-state index contributed by atoms with van der Waals surface area (Å²) in [5.74, 6) is 0.808. The number of nitrogens with two attached hydrogens (primary N) is 1. The molecule has 3 rings (SSSR count). The number of ether oxygens (including phenoxy) is 1. The number of anilines is 1. The van der Waals surface area contributed by atoms with Crippen LogP contribution in [-0.2, 0) is 0 Å². The first kappa shape index (κ1) is 15.8. The van der Waals surface area contributed by atoms with Crippen LogP contribution in [0.2, 0.25) is 5.02 Å². The third-order valence-corrected chi connectivity index (χ3v) is 4.33. The fraction of sp³-hybridized carbons (Fsp3) is 0.278. The molecule has 23 heavy (non-hydrogen) atoms. The Morgan fingerprint density at radius 3 is 2.83 bits per heavy atom. The lowest BCUT2D eigenvalue weighted by molar-refractivity contribution is 0.414. The highest BCUT2D eigenvalue weighted by molar-refractivity contribution is 6.31. The first-order valence-electron chi connectivity index (χ1n) is 7.67. The molecule has 1 heterocycles. The van der Waals surface area contributed by atoms with E-state index in [1.165, 1.54) is 0 Å². The Morgan fingerprint density at radius 2 is 2.09 bits per heavy atom. The molecule has 2 N–H and O–H groups in total. The van der Waals surface area contributed by atoms with Crippen LogP contribution in [0.4, 0.5) is 5.69 Å². The number of halogens is 1. The lowest BCUT2D eigenvalue weighted by atomic mass is 10.00. The molecule has 0 radical (unpaired) electrons. The van der Waals surface area contributed by atoms with Crippen LogP contribution in [0, 0.1) is 0 Å². The van der Waals surface area contributed by atoms with E-state index < -0.39 is 0 Å². The van der Waals surface area contributed by atoms with Crippen LogP contribution in [0.5, 0.6) is 5.75 Å². The van der Waals surface area contributed by atoms with Gasteiger partial charge in [-0.05, 0) is 36.7 Å². The van der Waals surface area contributed by atoms with E-state index in [-0.39, 0.29) is 6.04 Å². The van der Waals surface area contributed by atoms with Crippen molar-refractivity contribution in [2.24, 2.45) is 10.8 Å². The third kappa shape index (κ3) is 3.33. The Morgan fingerprint density at radius 1 is 1.26 bits per heavy atom. The van der Waals surface area contributed by atoms with E-state index in [2.05, 4.69) is 6.07 Å². The average Bonchev–Trinajstić information content (AvgIpc) is 2.99. The maximum Gasteiger partial charge on any atom is 0.120 e. The summed E-state index contributed by atoms with van der Waals surface area (Å²) in [7, 11) is 1.66. The van der Waals surface area contributed by atoms with Crippen molar-refractivity contribution in [1.29, 1.82) is 0 Å². The number of rotatable bonds is 5. The molecule has 4 nitrogen and oxygen atoms in total. The summed E-state index contributed by atoms with van der Waals surface area (Å²) >= 11 is 6.41. The van der Waals surface area contributed by atoms with Gasteiger partial charge in [-0.2, -0.15) is 5.10 Å². The predicted octanol–water partition coefficient (Wildman–Crippen LogP) is 4.00. The van der Waals surface area contributed by atoms with E-state index in [1.807, 2.05) is 47.5 Å². The smallest absolute Gasteiger partial charge is 0.120 e. The number of hydrogen-bond acceptors (Lipinski definition) is 4. The van der Waals surface area contributed by atoms with E-state index in [9.17, 15) is 0 Å². The Kier molecular flexibility index (Phi) is 4.84. The minimum Gasteiger partial charge on any atom is -0.497 e. The zero-order chi connectivity index (χ0) is 16.2. The molecule has 0 spiro atoms. The average molecular weight is 330 g/mol. The molecule has 1 atom stereocenters. The number of hydrogen-bond donors (Lipinski definition) is 1. The van der Waals surface area contributed by atoms with Gasteiger partial charge in [0.05, 0.1) is 18.8 Å². The Balaban J connectivity index is 1.99. The van der Waals surface area contributed by atoms with Gasteiger partial charge >= 0.3 is 0 Å². The van der Waals surface area contributed by atoms with E-state index in [0.29, 0.717) is 6.54 Å². The molecule has 0 saturated heterocycles. The lowest BCUT2D eigenvalue weighted by Crippen LogP contribution is -2.18. The van der Waals surface area contributed by atoms with Crippen molar-refractivity contribution in [2.75, 3.05) is 18.7 Å². The molecule has 5 heteroatoms. The SMILES string of the molecule is COc1cccc(N2N=C(CCN)CC2c2ccccc2Cl)c1. The second kappa shape index (κ2) is 7.02. The molecule has 0 aliphatic carbocycles. The van der Waals surface area contributed by atoms with E-state index in [0.717, 1.165) is 40.6 Å². The number of benzene rings is 2. The monoisotopic (exact) mass is 329 g/mol. The molecule has 1 aliphatic rings. The molecular formula is C18H20ClN3O. The van der Waals surface area contributed by atoms with Gasteiger partial charge in [-0.3, -0.25) is 5.01 Å². The Labute approximate surface area is 141 Å². The van der Waals surface area contributed by atoms with Crippen molar-refractivity contribution in [1.82, 2.24) is 0 Å². The first-order chi connectivity index (χ1) is 11.2. The van der Waals surface area contributed by atoms with Crippen LogP contribution in [0.25, 0.3) is 0 Å². The summed E-state index contributed by atoms with van der Waals surface area (Å²) in [6.45, 7) is 0.597. The van der Waals surface area contributed by atoms with Crippen molar-refractivity contribution in [3.8, 4) is 5.75 Å². The molecule has 0 amide bonds. The summed E-state index contributed by atoms with van der Waals surface area (Å²) in [5.41, 5.74) is 8.87. The highest BCUT2D eigenvalue weighted by Gasteiger charge is 2.30. The van der Waals surface area contributed by atoms with Gasteiger partial charge in [0.15, 0.2) is 0 Å². The molecule has 120 valence electrons. The van der Waals surface area contributed by atoms with Gasteiger partial charge in [0.25, 0.3) is 0 Å². The van der Waals surface area contributed by atoms with Gasteiger partial charge in [-0.25, -0.2) is 0 Å². The van der Waals surface area contributed by atoms with Crippen LogP contribution in [0.15, 0.2) is 53.6 Å². The molecule has 0 bridgehead atoms. The number of methoxy groups -OCH3 is 1. The van der Waals surface area contributed by atoms with Gasteiger partial charge in [-0.15, -0.1) is 0 Å². The standard InChI is InChI=1S/C18H20ClN3O/c1-23-15-6-4-5-14(12-15)22-18(11-13(21-22)9-10-20)16-7-2-3-8-17(16)19/h2-8,12,18H,9-11,20H2,1H3. The quantitative estimate of drug-likeness (QED) is 0.901.